The predicted molar refractivity (Wildman–Crippen MR) is 99.1 cm³/mol. The first-order valence-corrected chi connectivity index (χ1v) is 9.56. The van der Waals surface area contributed by atoms with E-state index in [4.69, 9.17) is 0 Å². The number of aryl methyl sites for hydroxylation is 1. The largest absolute Gasteiger partial charge is 0.336 e. The molecule has 1 aliphatic carbocycles. The number of carbonyl (C=O) groups excluding carboxylic acids is 2. The lowest BCUT2D eigenvalue weighted by molar-refractivity contribution is 0.0730. The number of benzene rings is 1. The van der Waals surface area contributed by atoms with Crippen LogP contribution < -0.4 is 10.2 Å². The maximum atomic E-state index is 13.0. The molecule has 0 atom stereocenters. The Kier molecular flexibility index (Phi) is 4.21. The van der Waals surface area contributed by atoms with Crippen LogP contribution in [0.5, 0.6) is 0 Å². The van der Waals surface area contributed by atoms with Crippen molar-refractivity contribution in [2.75, 3.05) is 18.0 Å². The van der Waals surface area contributed by atoms with Crippen molar-refractivity contribution < 1.29 is 9.59 Å². The summed E-state index contributed by atoms with van der Waals surface area (Å²) in [7, 11) is 0. The summed E-state index contributed by atoms with van der Waals surface area (Å²) in [5, 5.41) is 6.96. The van der Waals surface area contributed by atoms with Crippen molar-refractivity contribution in [3.05, 3.63) is 51.7 Å². The molecule has 1 aliphatic heterocycles. The van der Waals surface area contributed by atoms with Crippen molar-refractivity contribution in [2.45, 2.75) is 32.4 Å². The van der Waals surface area contributed by atoms with E-state index in [1.807, 2.05) is 35.4 Å². The second kappa shape index (κ2) is 6.52. The van der Waals surface area contributed by atoms with E-state index in [1.165, 1.54) is 5.56 Å². The highest BCUT2D eigenvalue weighted by atomic mass is 32.1. The summed E-state index contributed by atoms with van der Waals surface area (Å²) < 4.78 is 0. The molecule has 0 radical (unpaired) electrons. The van der Waals surface area contributed by atoms with Crippen LogP contribution in [0.25, 0.3) is 0 Å². The average molecular weight is 355 g/mol. The zero-order valence-electron chi connectivity index (χ0n) is 14.2. The Bertz CT molecular complexity index is 799. The Hall–Kier alpha value is -2.34. The van der Waals surface area contributed by atoms with Crippen LogP contribution in [0.4, 0.5) is 10.5 Å². The number of nitrogens with zero attached hydrogens (tertiary/aromatic N) is 2. The first kappa shape index (κ1) is 16.1. The van der Waals surface area contributed by atoms with Crippen LogP contribution in [0.2, 0.25) is 0 Å². The molecule has 1 aromatic heterocycles. The molecule has 2 aromatic rings. The Labute approximate surface area is 151 Å². The molecule has 0 spiro atoms. The molecule has 0 unspecified atom stereocenters. The zero-order valence-corrected chi connectivity index (χ0v) is 15.0. The van der Waals surface area contributed by atoms with Crippen LogP contribution in [0.15, 0.2) is 35.0 Å². The van der Waals surface area contributed by atoms with E-state index in [-0.39, 0.29) is 11.9 Å². The summed E-state index contributed by atoms with van der Waals surface area (Å²) in [6.45, 7) is 3.95. The van der Waals surface area contributed by atoms with Crippen molar-refractivity contribution in [1.82, 2.24) is 10.2 Å². The molecular weight excluding hydrogens is 334 g/mol. The van der Waals surface area contributed by atoms with Gasteiger partial charge in [0.15, 0.2) is 0 Å². The molecule has 0 bridgehead atoms. The summed E-state index contributed by atoms with van der Waals surface area (Å²) in [6, 6.07) is 8.01. The van der Waals surface area contributed by atoms with Gasteiger partial charge in [0.05, 0.1) is 0 Å². The Balaban J connectivity index is 1.56. The van der Waals surface area contributed by atoms with Crippen LogP contribution >= 0.6 is 11.3 Å². The molecule has 130 valence electrons. The fraction of sp³-hybridized carbons (Fsp3) is 0.368. The second-order valence-corrected chi connectivity index (χ2v) is 7.46. The third kappa shape index (κ3) is 3.26. The third-order valence-electron chi connectivity index (χ3n) is 4.77. The van der Waals surface area contributed by atoms with Gasteiger partial charge in [-0.15, -0.1) is 0 Å². The highest BCUT2D eigenvalue weighted by Gasteiger charge is 2.33. The minimum Gasteiger partial charge on any atom is -0.336 e. The lowest BCUT2D eigenvalue weighted by Crippen LogP contribution is -2.33. The number of hydrogen-bond acceptors (Lipinski definition) is 3. The summed E-state index contributed by atoms with van der Waals surface area (Å²) in [5.41, 5.74) is 3.71. The maximum absolute atomic E-state index is 13.0. The minimum absolute atomic E-state index is 0.0701. The zero-order chi connectivity index (χ0) is 17.4. The van der Waals surface area contributed by atoms with E-state index in [0.717, 1.165) is 24.1 Å². The van der Waals surface area contributed by atoms with E-state index in [0.29, 0.717) is 31.2 Å². The molecule has 4 rings (SSSR count). The van der Waals surface area contributed by atoms with Crippen LogP contribution in [0.3, 0.4) is 0 Å². The number of anilines is 1. The van der Waals surface area contributed by atoms with Gasteiger partial charge in [-0.05, 0) is 65.9 Å². The fourth-order valence-electron chi connectivity index (χ4n) is 3.29. The third-order valence-corrected chi connectivity index (χ3v) is 5.50. The average Bonchev–Trinajstić information content (AvgIpc) is 3.14. The monoisotopic (exact) mass is 355 g/mol. The Morgan fingerprint density at radius 1 is 1.36 bits per heavy atom. The van der Waals surface area contributed by atoms with Gasteiger partial charge >= 0.3 is 6.03 Å². The number of urea groups is 1. The van der Waals surface area contributed by atoms with Crippen LogP contribution in [0, 0.1) is 6.92 Å². The van der Waals surface area contributed by atoms with Crippen molar-refractivity contribution >= 4 is 29.0 Å². The fourth-order valence-corrected chi connectivity index (χ4v) is 3.95. The topological polar surface area (TPSA) is 52.7 Å². The van der Waals surface area contributed by atoms with Crippen LogP contribution in [-0.2, 0) is 6.54 Å². The number of hydrogen-bond donors (Lipinski definition) is 1. The van der Waals surface area contributed by atoms with Gasteiger partial charge in [0.25, 0.3) is 5.91 Å². The molecular formula is C19H21N3O2S. The number of nitrogens with one attached hydrogen (secondary N) is 1. The molecule has 6 heteroatoms. The predicted octanol–water partition coefficient (Wildman–Crippen LogP) is 3.39. The Morgan fingerprint density at radius 2 is 2.20 bits per heavy atom. The van der Waals surface area contributed by atoms with E-state index < -0.39 is 0 Å². The van der Waals surface area contributed by atoms with Gasteiger partial charge in [0, 0.05) is 36.9 Å². The lowest BCUT2D eigenvalue weighted by atomic mass is 10.1. The summed E-state index contributed by atoms with van der Waals surface area (Å²) >= 11 is 1.66. The summed E-state index contributed by atoms with van der Waals surface area (Å²) in [4.78, 5) is 28.6. The number of amides is 3. The van der Waals surface area contributed by atoms with E-state index in [9.17, 15) is 9.59 Å². The minimum atomic E-state index is -0.0701. The van der Waals surface area contributed by atoms with Crippen molar-refractivity contribution in [3.8, 4) is 0 Å². The van der Waals surface area contributed by atoms with Gasteiger partial charge in [-0.25, -0.2) is 4.79 Å². The Morgan fingerprint density at radius 3 is 2.80 bits per heavy atom. The molecule has 2 heterocycles. The highest BCUT2D eigenvalue weighted by Crippen LogP contribution is 2.31. The number of thiophene rings is 1. The lowest BCUT2D eigenvalue weighted by Gasteiger charge is -2.23. The van der Waals surface area contributed by atoms with Crippen LogP contribution in [0.1, 0.15) is 34.3 Å². The SMILES string of the molecule is Cc1cc(C(=O)N(Cc2ccsc2)C2CC2)ccc1N1CCNC1=O. The first-order chi connectivity index (χ1) is 12.1. The molecule has 1 N–H and O–H groups in total. The maximum Gasteiger partial charge on any atom is 0.322 e. The second-order valence-electron chi connectivity index (χ2n) is 6.68. The molecule has 1 aromatic carbocycles. The standard InChI is InChI=1S/C19H21N3O2S/c1-13-10-15(2-5-17(13)21-8-7-20-19(21)24)18(23)22(16-3-4-16)11-14-6-9-25-12-14/h2,5-6,9-10,12,16H,3-4,7-8,11H2,1H3,(H,20,24). The molecule has 5 nitrogen and oxygen atoms in total. The van der Waals surface area contributed by atoms with Crippen molar-refractivity contribution in [1.29, 1.82) is 0 Å². The van der Waals surface area contributed by atoms with Gasteiger partial charge in [-0.2, -0.15) is 11.3 Å². The molecule has 2 aliphatic rings. The van der Waals surface area contributed by atoms with Crippen LogP contribution in [-0.4, -0.2) is 36.0 Å². The van der Waals surface area contributed by atoms with E-state index >= 15 is 0 Å². The van der Waals surface area contributed by atoms with Gasteiger partial charge in [-0.1, -0.05) is 0 Å². The normalized spacial score (nSPS) is 16.8. The number of rotatable bonds is 5. The first-order valence-electron chi connectivity index (χ1n) is 8.61. The molecule has 1 saturated carbocycles. The molecule has 2 fully saturated rings. The highest BCUT2D eigenvalue weighted by molar-refractivity contribution is 7.07. The molecule has 3 amide bonds. The molecule has 1 saturated heterocycles. The summed E-state index contributed by atoms with van der Waals surface area (Å²) in [6.07, 6.45) is 2.17. The number of carbonyl (C=O) groups is 2. The summed E-state index contributed by atoms with van der Waals surface area (Å²) in [5.74, 6) is 0.0780. The van der Waals surface area contributed by atoms with Crippen molar-refractivity contribution in [3.63, 3.8) is 0 Å². The van der Waals surface area contributed by atoms with Gasteiger partial charge in [-0.3, -0.25) is 9.69 Å². The quantitative estimate of drug-likeness (QED) is 0.894. The van der Waals surface area contributed by atoms with E-state index in [2.05, 4.69) is 16.8 Å². The van der Waals surface area contributed by atoms with Gasteiger partial charge < -0.3 is 10.2 Å². The smallest absolute Gasteiger partial charge is 0.322 e. The molecule has 25 heavy (non-hydrogen) atoms. The van der Waals surface area contributed by atoms with Gasteiger partial charge in [0.2, 0.25) is 0 Å². The van der Waals surface area contributed by atoms with Gasteiger partial charge in [0.1, 0.15) is 0 Å². The van der Waals surface area contributed by atoms with E-state index in [1.54, 1.807) is 16.2 Å². The van der Waals surface area contributed by atoms with Crippen molar-refractivity contribution in [2.24, 2.45) is 0 Å².